The number of carbonyl (C=O) groups is 2. The van der Waals surface area contributed by atoms with Crippen molar-refractivity contribution in [2.24, 2.45) is 0 Å². The van der Waals surface area contributed by atoms with E-state index in [1.54, 1.807) is 11.3 Å². The summed E-state index contributed by atoms with van der Waals surface area (Å²) in [5.41, 5.74) is 3.25. The van der Waals surface area contributed by atoms with E-state index in [-0.39, 0.29) is 11.9 Å². The maximum Gasteiger partial charge on any atom is 0.321 e. The fourth-order valence-corrected chi connectivity index (χ4v) is 4.09. The van der Waals surface area contributed by atoms with Crippen molar-refractivity contribution in [2.75, 3.05) is 7.05 Å². The smallest absolute Gasteiger partial charge is 0.321 e. The number of quaternary nitrogens is 1. The van der Waals surface area contributed by atoms with Crippen LogP contribution in [0.5, 0.6) is 0 Å². The lowest BCUT2D eigenvalue weighted by molar-refractivity contribution is -0.713. The van der Waals surface area contributed by atoms with Crippen molar-refractivity contribution in [1.29, 1.82) is 0 Å². The minimum atomic E-state index is -0.563. The Morgan fingerprint density at radius 2 is 1.69 bits per heavy atom. The van der Waals surface area contributed by atoms with Crippen LogP contribution in [-0.2, 0) is 11.2 Å². The number of imide groups is 1. The highest BCUT2D eigenvalue weighted by molar-refractivity contribution is 7.10. The van der Waals surface area contributed by atoms with Crippen molar-refractivity contribution in [3.8, 4) is 0 Å². The van der Waals surface area contributed by atoms with Crippen LogP contribution < -0.4 is 16.0 Å². The number of urea groups is 1. The molecule has 0 aliphatic heterocycles. The van der Waals surface area contributed by atoms with Crippen LogP contribution in [0.3, 0.4) is 0 Å². The SMILES string of the molecule is CCc1ccc([C@@H]([NH2+][C@@H](C(=O)NC(=O)NC)c2ccccc2)c2cccs2)cc1. The van der Waals surface area contributed by atoms with Gasteiger partial charge < -0.3 is 10.6 Å². The minimum Gasteiger partial charge on any atom is -0.341 e. The van der Waals surface area contributed by atoms with E-state index < -0.39 is 12.1 Å². The largest absolute Gasteiger partial charge is 0.341 e. The van der Waals surface area contributed by atoms with E-state index >= 15 is 0 Å². The summed E-state index contributed by atoms with van der Waals surface area (Å²) in [7, 11) is 1.49. The average Bonchev–Trinajstić information content (AvgIpc) is 3.29. The van der Waals surface area contributed by atoms with Gasteiger partial charge in [-0.05, 0) is 23.4 Å². The van der Waals surface area contributed by atoms with E-state index in [2.05, 4.69) is 47.9 Å². The second-order valence-electron chi connectivity index (χ2n) is 6.74. The monoisotopic (exact) mass is 408 g/mol. The summed E-state index contributed by atoms with van der Waals surface area (Å²) in [6, 6.07) is 21.0. The Labute approximate surface area is 175 Å². The lowest BCUT2D eigenvalue weighted by Crippen LogP contribution is -2.88. The summed E-state index contributed by atoms with van der Waals surface area (Å²) in [6.45, 7) is 2.13. The predicted molar refractivity (Wildman–Crippen MR) is 116 cm³/mol. The van der Waals surface area contributed by atoms with Crippen LogP contribution in [0.15, 0.2) is 72.1 Å². The van der Waals surface area contributed by atoms with Crippen molar-refractivity contribution in [3.63, 3.8) is 0 Å². The maximum absolute atomic E-state index is 13.0. The second kappa shape index (κ2) is 10.0. The van der Waals surface area contributed by atoms with Crippen LogP contribution in [0.2, 0.25) is 0 Å². The van der Waals surface area contributed by atoms with E-state index in [1.807, 2.05) is 47.1 Å². The number of benzene rings is 2. The molecule has 0 unspecified atom stereocenters. The summed E-state index contributed by atoms with van der Waals surface area (Å²) in [5, 5.41) is 8.94. The Kier molecular flexibility index (Phi) is 7.16. The summed E-state index contributed by atoms with van der Waals surface area (Å²) >= 11 is 1.66. The van der Waals surface area contributed by atoms with E-state index in [1.165, 1.54) is 12.6 Å². The third kappa shape index (κ3) is 5.31. The summed E-state index contributed by atoms with van der Waals surface area (Å²) in [4.78, 5) is 25.9. The van der Waals surface area contributed by atoms with E-state index in [0.29, 0.717) is 0 Å². The highest BCUT2D eigenvalue weighted by atomic mass is 32.1. The number of aryl methyl sites for hydroxylation is 1. The molecule has 1 aromatic heterocycles. The van der Waals surface area contributed by atoms with Gasteiger partial charge in [-0.3, -0.25) is 10.1 Å². The first-order valence-electron chi connectivity index (χ1n) is 9.67. The number of rotatable bonds is 7. The van der Waals surface area contributed by atoms with Crippen LogP contribution in [0.4, 0.5) is 4.79 Å². The molecule has 0 spiro atoms. The molecule has 0 bridgehead atoms. The van der Waals surface area contributed by atoms with Crippen LogP contribution in [0, 0.1) is 0 Å². The van der Waals surface area contributed by atoms with Crippen molar-refractivity contribution >= 4 is 23.3 Å². The van der Waals surface area contributed by atoms with Gasteiger partial charge in [0.2, 0.25) is 0 Å². The zero-order valence-electron chi connectivity index (χ0n) is 16.6. The van der Waals surface area contributed by atoms with Crippen molar-refractivity contribution < 1.29 is 14.9 Å². The Balaban J connectivity index is 1.96. The Morgan fingerprint density at radius 1 is 0.966 bits per heavy atom. The molecule has 2 atom stereocenters. The molecule has 1 heterocycles. The molecule has 0 fully saturated rings. The average molecular weight is 409 g/mol. The first-order valence-corrected chi connectivity index (χ1v) is 10.5. The Hall–Kier alpha value is -2.96. The number of thiophene rings is 1. The van der Waals surface area contributed by atoms with Gasteiger partial charge in [0.05, 0.1) is 4.88 Å². The molecule has 0 saturated carbocycles. The zero-order valence-corrected chi connectivity index (χ0v) is 17.4. The molecule has 5 nitrogen and oxygen atoms in total. The number of hydrogen-bond acceptors (Lipinski definition) is 3. The highest BCUT2D eigenvalue weighted by Gasteiger charge is 2.31. The van der Waals surface area contributed by atoms with Gasteiger partial charge >= 0.3 is 6.03 Å². The number of nitrogens with two attached hydrogens (primary N) is 1. The molecular weight excluding hydrogens is 382 g/mol. The van der Waals surface area contributed by atoms with E-state index in [4.69, 9.17) is 0 Å². The second-order valence-corrected chi connectivity index (χ2v) is 7.72. The molecule has 0 aliphatic carbocycles. The Bertz CT molecular complexity index is 925. The molecule has 0 radical (unpaired) electrons. The summed E-state index contributed by atoms with van der Waals surface area (Å²) in [5.74, 6) is -0.345. The number of nitrogens with one attached hydrogen (secondary N) is 2. The molecule has 6 heteroatoms. The van der Waals surface area contributed by atoms with Crippen LogP contribution in [-0.4, -0.2) is 19.0 Å². The number of amides is 3. The van der Waals surface area contributed by atoms with Gasteiger partial charge in [-0.2, -0.15) is 0 Å². The third-order valence-corrected chi connectivity index (χ3v) is 5.84. The van der Waals surface area contributed by atoms with Crippen LogP contribution >= 0.6 is 11.3 Å². The first kappa shape index (κ1) is 20.8. The molecule has 4 N–H and O–H groups in total. The van der Waals surface area contributed by atoms with E-state index in [0.717, 1.165) is 22.4 Å². The van der Waals surface area contributed by atoms with Gasteiger partial charge in [-0.1, -0.05) is 67.6 Å². The predicted octanol–water partition coefficient (Wildman–Crippen LogP) is 3.16. The van der Waals surface area contributed by atoms with E-state index in [9.17, 15) is 9.59 Å². The zero-order chi connectivity index (χ0) is 20.6. The lowest BCUT2D eigenvalue weighted by atomic mass is 9.99. The lowest BCUT2D eigenvalue weighted by Gasteiger charge is -2.22. The fraction of sp³-hybridized carbons (Fsp3) is 0.217. The standard InChI is InChI=1S/C23H25N3O2S/c1-3-16-11-13-18(14-12-16)20(19-10-7-15-29-19)25-21(17-8-5-4-6-9-17)22(27)26-23(28)24-2/h4-15,20-21,25H,3H2,1-2H3,(H2,24,26,27,28)/p+1/t20-,21-/m1/s1. The van der Waals surface area contributed by atoms with Gasteiger partial charge in [0.1, 0.15) is 6.04 Å². The summed E-state index contributed by atoms with van der Waals surface area (Å²) in [6.07, 6.45) is 0.981. The van der Waals surface area contributed by atoms with Gasteiger partial charge in [-0.25, -0.2) is 4.79 Å². The Morgan fingerprint density at radius 3 is 2.28 bits per heavy atom. The van der Waals surface area contributed by atoms with Gasteiger partial charge in [0, 0.05) is 18.2 Å². The van der Waals surface area contributed by atoms with Gasteiger partial charge in [0.25, 0.3) is 5.91 Å². The maximum atomic E-state index is 13.0. The summed E-state index contributed by atoms with van der Waals surface area (Å²) < 4.78 is 0. The number of carbonyl (C=O) groups excluding carboxylic acids is 2. The number of hydrogen-bond donors (Lipinski definition) is 3. The molecule has 0 aliphatic rings. The molecule has 3 aromatic rings. The van der Waals surface area contributed by atoms with Gasteiger partial charge in [-0.15, -0.1) is 11.3 Å². The quantitative estimate of drug-likeness (QED) is 0.562. The molecule has 29 heavy (non-hydrogen) atoms. The van der Waals surface area contributed by atoms with Crippen LogP contribution in [0.1, 0.15) is 40.6 Å². The molecule has 150 valence electrons. The molecule has 2 aromatic carbocycles. The minimum absolute atomic E-state index is 0.0541. The van der Waals surface area contributed by atoms with Crippen molar-refractivity contribution in [2.45, 2.75) is 25.4 Å². The molecule has 3 rings (SSSR count). The highest BCUT2D eigenvalue weighted by Crippen LogP contribution is 2.25. The third-order valence-electron chi connectivity index (χ3n) is 4.89. The first-order chi connectivity index (χ1) is 14.1. The topological polar surface area (TPSA) is 74.8 Å². The normalized spacial score (nSPS) is 12.8. The molecule has 0 saturated heterocycles. The van der Waals surface area contributed by atoms with Crippen LogP contribution in [0.25, 0.3) is 0 Å². The fourth-order valence-electron chi connectivity index (χ4n) is 3.25. The van der Waals surface area contributed by atoms with Gasteiger partial charge in [0.15, 0.2) is 6.04 Å². The van der Waals surface area contributed by atoms with Crippen molar-refractivity contribution in [1.82, 2.24) is 10.6 Å². The molecular formula is C23H26N3O2S+. The van der Waals surface area contributed by atoms with Crippen molar-refractivity contribution in [3.05, 3.63) is 93.7 Å². The molecule has 3 amide bonds.